The van der Waals surface area contributed by atoms with Gasteiger partial charge < -0.3 is 0 Å². The monoisotopic (exact) mass is 287 g/mol. The molecule has 0 amide bonds. The van der Waals surface area contributed by atoms with E-state index < -0.39 is 0 Å². The second kappa shape index (κ2) is 7.86. The van der Waals surface area contributed by atoms with Crippen molar-refractivity contribution in [2.24, 2.45) is 0 Å². The van der Waals surface area contributed by atoms with Crippen LogP contribution < -0.4 is 4.46 Å². The predicted octanol–water partition coefficient (Wildman–Crippen LogP) is 1.55. The van der Waals surface area contributed by atoms with Gasteiger partial charge in [-0.25, -0.2) is 0 Å². The van der Waals surface area contributed by atoms with E-state index in [-0.39, 0.29) is 15.3 Å². The minimum atomic E-state index is -0.388. The molecule has 0 aliphatic rings. The Morgan fingerprint density at radius 1 is 1.12 bits per heavy atom. The van der Waals surface area contributed by atoms with Gasteiger partial charge in [0.25, 0.3) is 0 Å². The first-order valence-corrected chi connectivity index (χ1v) is 7.55. The Labute approximate surface area is 105 Å². The molecule has 0 spiro atoms. The zero-order valence-electron chi connectivity index (χ0n) is 10.1. The SMILES string of the molecule is CCCN(CCC)Cc1ccccc1[Se]O. The molecule has 90 valence electrons. The van der Waals surface area contributed by atoms with Gasteiger partial charge in [-0.2, -0.15) is 0 Å². The number of hydrogen-bond acceptors (Lipinski definition) is 2. The van der Waals surface area contributed by atoms with Crippen molar-refractivity contribution >= 4 is 19.7 Å². The zero-order valence-corrected chi connectivity index (χ0v) is 11.9. The van der Waals surface area contributed by atoms with Gasteiger partial charge in [-0.1, -0.05) is 0 Å². The molecule has 1 aromatic carbocycles. The number of benzene rings is 1. The summed E-state index contributed by atoms with van der Waals surface area (Å²) in [5, 5.41) is 0. The standard InChI is InChI=1S/C13H21NOSe/c1-3-9-14(10-4-2)11-12-7-5-6-8-13(12)16-15/h5-8,15H,3-4,9-11H2,1-2H3. The van der Waals surface area contributed by atoms with Crippen LogP contribution in [0.15, 0.2) is 24.3 Å². The average Bonchev–Trinajstić information content (AvgIpc) is 2.30. The molecule has 1 N–H and O–H groups in total. The molecule has 0 atom stereocenters. The summed E-state index contributed by atoms with van der Waals surface area (Å²) in [6.45, 7) is 7.68. The zero-order chi connectivity index (χ0) is 11.8. The maximum atomic E-state index is 9.34. The van der Waals surface area contributed by atoms with Gasteiger partial charge in [0.2, 0.25) is 0 Å². The first-order valence-electron chi connectivity index (χ1n) is 5.93. The molecule has 0 bridgehead atoms. The molecule has 1 aromatic rings. The van der Waals surface area contributed by atoms with Crippen molar-refractivity contribution in [1.82, 2.24) is 4.90 Å². The first kappa shape index (κ1) is 13.7. The molecule has 0 unspecified atom stereocenters. The Balaban J connectivity index is 2.67. The van der Waals surface area contributed by atoms with Crippen LogP contribution >= 0.6 is 0 Å². The van der Waals surface area contributed by atoms with Gasteiger partial charge >= 0.3 is 105 Å². The van der Waals surface area contributed by atoms with Crippen LogP contribution in [-0.4, -0.2) is 37.5 Å². The van der Waals surface area contributed by atoms with Crippen LogP contribution in [0.2, 0.25) is 0 Å². The van der Waals surface area contributed by atoms with Gasteiger partial charge in [-0.3, -0.25) is 0 Å². The Morgan fingerprint density at radius 3 is 2.31 bits per heavy atom. The number of hydrogen-bond donors (Lipinski definition) is 1. The van der Waals surface area contributed by atoms with E-state index in [0.29, 0.717) is 0 Å². The molecular formula is C13H21NOSe. The van der Waals surface area contributed by atoms with Gasteiger partial charge in [0, 0.05) is 0 Å². The van der Waals surface area contributed by atoms with Gasteiger partial charge in [0.15, 0.2) is 0 Å². The summed E-state index contributed by atoms with van der Waals surface area (Å²) in [6.07, 6.45) is 2.37. The molecule has 0 aromatic heterocycles. The van der Waals surface area contributed by atoms with E-state index >= 15 is 0 Å². The summed E-state index contributed by atoms with van der Waals surface area (Å²) in [5.41, 5.74) is 1.28. The van der Waals surface area contributed by atoms with Gasteiger partial charge in [0.1, 0.15) is 0 Å². The molecule has 16 heavy (non-hydrogen) atoms. The summed E-state index contributed by atoms with van der Waals surface area (Å²) in [5.74, 6) is 0. The number of nitrogens with zero attached hydrogens (tertiary/aromatic N) is 1. The van der Waals surface area contributed by atoms with Crippen molar-refractivity contribution in [3.8, 4) is 0 Å². The second-order valence-corrected chi connectivity index (χ2v) is 5.28. The van der Waals surface area contributed by atoms with Crippen molar-refractivity contribution < 1.29 is 4.19 Å². The van der Waals surface area contributed by atoms with Gasteiger partial charge in [-0.15, -0.1) is 0 Å². The minimum absolute atomic E-state index is 0.388. The normalized spacial score (nSPS) is 11.0. The van der Waals surface area contributed by atoms with E-state index in [4.69, 9.17) is 0 Å². The predicted molar refractivity (Wildman–Crippen MR) is 69.9 cm³/mol. The summed E-state index contributed by atoms with van der Waals surface area (Å²) in [7, 11) is 0. The molecule has 0 fully saturated rings. The molecule has 0 heterocycles. The molecule has 1 rings (SSSR count). The quantitative estimate of drug-likeness (QED) is 0.769. The van der Waals surface area contributed by atoms with E-state index in [0.717, 1.165) is 24.1 Å². The first-order chi connectivity index (χ1) is 7.81. The molecular weight excluding hydrogens is 265 g/mol. The van der Waals surface area contributed by atoms with Crippen LogP contribution in [0.5, 0.6) is 0 Å². The molecule has 0 saturated heterocycles. The average molecular weight is 286 g/mol. The summed E-state index contributed by atoms with van der Waals surface area (Å²) in [6, 6.07) is 8.22. The fourth-order valence-corrected chi connectivity index (χ4v) is 2.68. The third kappa shape index (κ3) is 4.26. The molecule has 0 aliphatic heterocycles. The van der Waals surface area contributed by atoms with Crippen molar-refractivity contribution in [3.63, 3.8) is 0 Å². The summed E-state index contributed by atoms with van der Waals surface area (Å²) < 4.78 is 10.5. The molecule has 0 radical (unpaired) electrons. The summed E-state index contributed by atoms with van der Waals surface area (Å²) in [4.78, 5) is 2.46. The van der Waals surface area contributed by atoms with E-state index in [9.17, 15) is 4.19 Å². The Hall–Kier alpha value is -0.341. The fraction of sp³-hybridized carbons (Fsp3) is 0.538. The van der Waals surface area contributed by atoms with E-state index in [1.807, 2.05) is 12.1 Å². The Bertz CT molecular complexity index is 298. The second-order valence-electron chi connectivity index (χ2n) is 3.98. The third-order valence-electron chi connectivity index (χ3n) is 2.54. The van der Waals surface area contributed by atoms with Crippen molar-refractivity contribution in [1.29, 1.82) is 0 Å². The third-order valence-corrected chi connectivity index (χ3v) is 3.79. The van der Waals surface area contributed by atoms with Gasteiger partial charge in [0.05, 0.1) is 0 Å². The van der Waals surface area contributed by atoms with E-state index in [1.54, 1.807) is 0 Å². The fourth-order valence-electron chi connectivity index (χ4n) is 1.87. The Kier molecular flexibility index (Phi) is 6.74. The van der Waals surface area contributed by atoms with Crippen molar-refractivity contribution in [3.05, 3.63) is 29.8 Å². The van der Waals surface area contributed by atoms with Crippen LogP contribution in [0.3, 0.4) is 0 Å². The molecule has 0 aliphatic carbocycles. The Morgan fingerprint density at radius 2 is 1.75 bits per heavy atom. The van der Waals surface area contributed by atoms with E-state index in [2.05, 4.69) is 30.9 Å². The molecule has 3 heteroatoms. The van der Waals surface area contributed by atoms with Crippen molar-refractivity contribution in [2.75, 3.05) is 13.1 Å². The summed E-state index contributed by atoms with van der Waals surface area (Å²) >= 11 is -0.388. The topological polar surface area (TPSA) is 23.5 Å². The van der Waals surface area contributed by atoms with Crippen molar-refractivity contribution in [2.45, 2.75) is 33.2 Å². The van der Waals surface area contributed by atoms with Crippen LogP contribution in [-0.2, 0) is 6.54 Å². The van der Waals surface area contributed by atoms with Gasteiger partial charge in [-0.05, 0) is 0 Å². The number of rotatable bonds is 7. The van der Waals surface area contributed by atoms with E-state index in [1.165, 1.54) is 18.4 Å². The molecule has 2 nitrogen and oxygen atoms in total. The van der Waals surface area contributed by atoms with Crippen LogP contribution in [0.1, 0.15) is 32.3 Å². The maximum absolute atomic E-state index is 9.34. The van der Waals surface area contributed by atoms with Crippen LogP contribution in [0.25, 0.3) is 0 Å². The van der Waals surface area contributed by atoms with Crippen LogP contribution in [0, 0.1) is 0 Å². The molecule has 0 saturated carbocycles. The van der Waals surface area contributed by atoms with Crippen LogP contribution in [0.4, 0.5) is 0 Å².